The number of aliphatic hydroxyl groups excluding tert-OH is 1. The Kier molecular flexibility index (Phi) is 7.68. The zero-order valence-corrected chi connectivity index (χ0v) is 20.1. The summed E-state index contributed by atoms with van der Waals surface area (Å²) in [5.41, 5.74) is 0.235. The van der Waals surface area contributed by atoms with E-state index in [0.29, 0.717) is 11.5 Å². The van der Waals surface area contributed by atoms with E-state index >= 15 is 0 Å². The smallest absolute Gasteiger partial charge is 0.328 e. The fraction of sp³-hybridized carbons (Fsp3) is 0.214. The number of nitrogens with one attached hydrogen (secondary N) is 1. The summed E-state index contributed by atoms with van der Waals surface area (Å²) < 4.78 is 18.2. The first kappa shape index (κ1) is 25.0. The van der Waals surface area contributed by atoms with Crippen LogP contribution in [0.2, 0.25) is 0 Å². The number of ether oxygens (including phenoxy) is 3. The average Bonchev–Trinajstić information content (AvgIpc) is 2.92. The number of nitrogens with zero attached hydrogens (tertiary/aromatic N) is 1. The number of aliphatic hydroxyl groups is 1. The van der Waals surface area contributed by atoms with Crippen molar-refractivity contribution in [3.05, 3.63) is 129 Å². The van der Waals surface area contributed by atoms with Gasteiger partial charge in [0.2, 0.25) is 0 Å². The van der Waals surface area contributed by atoms with Crippen LogP contribution in [0, 0.1) is 0 Å². The Labute approximate surface area is 208 Å². The maximum atomic E-state index is 12.1. The third-order valence-electron chi connectivity index (χ3n) is 6.00. The lowest BCUT2D eigenvalue weighted by molar-refractivity contribution is -0.0428. The molecular formula is C28H28N2O6. The highest BCUT2D eigenvalue weighted by Crippen LogP contribution is 2.41. The van der Waals surface area contributed by atoms with Gasteiger partial charge in [0.1, 0.15) is 17.1 Å². The van der Waals surface area contributed by atoms with Gasteiger partial charge in [-0.2, -0.15) is 0 Å². The van der Waals surface area contributed by atoms with Gasteiger partial charge in [-0.05, 0) is 41.0 Å². The number of aromatic amines is 1. The molecule has 8 heteroatoms. The normalized spacial score (nSPS) is 12.2. The number of hydrogen-bond donors (Lipinski definition) is 2. The van der Waals surface area contributed by atoms with Gasteiger partial charge in [0.25, 0.3) is 5.56 Å². The highest BCUT2D eigenvalue weighted by atomic mass is 16.5. The molecule has 0 spiro atoms. The minimum absolute atomic E-state index is 0.159. The predicted molar refractivity (Wildman–Crippen MR) is 136 cm³/mol. The van der Waals surface area contributed by atoms with Crippen LogP contribution in [0.4, 0.5) is 0 Å². The number of benzene rings is 3. The summed E-state index contributed by atoms with van der Waals surface area (Å²) in [6.07, 6.45) is 0.142. The monoisotopic (exact) mass is 488 g/mol. The van der Waals surface area contributed by atoms with Crippen molar-refractivity contribution in [3.8, 4) is 11.5 Å². The average molecular weight is 489 g/mol. The van der Waals surface area contributed by atoms with Crippen LogP contribution in [0.1, 0.15) is 16.7 Å². The predicted octanol–water partition coefficient (Wildman–Crippen LogP) is 2.92. The van der Waals surface area contributed by atoms with Crippen LogP contribution in [-0.2, 0) is 16.9 Å². The number of rotatable bonds is 10. The molecule has 0 amide bonds. The standard InChI is InChI=1S/C28H28N2O6/c1-34-24-12-8-21(9-13-24)28(20-6-4-3-5-7-20,22-10-14-25(35-2)15-11-22)36-19-23(31)18-30-26(32)16-17-29-27(30)33/h3-17,23,31H,18-19H2,1-2H3,(H,29,33)/t23-/m0/s1. The summed E-state index contributed by atoms with van der Waals surface area (Å²) in [5, 5.41) is 10.8. The first-order valence-corrected chi connectivity index (χ1v) is 11.4. The topological polar surface area (TPSA) is 103 Å². The number of hydrogen-bond acceptors (Lipinski definition) is 6. The molecule has 0 aliphatic rings. The molecule has 1 aromatic heterocycles. The maximum absolute atomic E-state index is 12.1. The molecule has 1 heterocycles. The third kappa shape index (κ3) is 5.10. The fourth-order valence-electron chi connectivity index (χ4n) is 4.18. The Morgan fingerprint density at radius 3 is 1.83 bits per heavy atom. The number of H-pyrrole nitrogens is 1. The van der Waals surface area contributed by atoms with E-state index in [1.165, 1.54) is 12.3 Å². The summed E-state index contributed by atoms with van der Waals surface area (Å²) in [6, 6.07) is 25.9. The summed E-state index contributed by atoms with van der Waals surface area (Å²) >= 11 is 0. The molecule has 4 aromatic rings. The van der Waals surface area contributed by atoms with Gasteiger partial charge >= 0.3 is 5.69 Å². The highest BCUT2D eigenvalue weighted by molar-refractivity contribution is 5.49. The first-order chi connectivity index (χ1) is 17.5. The van der Waals surface area contributed by atoms with E-state index in [1.54, 1.807) is 14.2 Å². The molecule has 8 nitrogen and oxygen atoms in total. The van der Waals surface area contributed by atoms with Gasteiger partial charge in [0.15, 0.2) is 0 Å². The molecule has 2 N–H and O–H groups in total. The van der Waals surface area contributed by atoms with E-state index in [9.17, 15) is 14.7 Å². The second-order valence-electron chi connectivity index (χ2n) is 8.20. The molecule has 0 aliphatic carbocycles. The zero-order valence-electron chi connectivity index (χ0n) is 20.1. The Morgan fingerprint density at radius 2 is 1.33 bits per heavy atom. The lowest BCUT2D eigenvalue weighted by atomic mass is 9.80. The summed E-state index contributed by atoms with van der Waals surface area (Å²) in [6.45, 7) is -0.376. The van der Waals surface area contributed by atoms with E-state index in [0.717, 1.165) is 21.3 Å². The van der Waals surface area contributed by atoms with Crippen molar-refractivity contribution < 1.29 is 19.3 Å². The largest absolute Gasteiger partial charge is 0.497 e. The maximum Gasteiger partial charge on any atom is 0.328 e. The van der Waals surface area contributed by atoms with E-state index < -0.39 is 23.0 Å². The minimum Gasteiger partial charge on any atom is -0.497 e. The Balaban J connectivity index is 1.79. The van der Waals surface area contributed by atoms with E-state index in [4.69, 9.17) is 14.2 Å². The van der Waals surface area contributed by atoms with Crippen molar-refractivity contribution >= 4 is 0 Å². The molecule has 1 atom stereocenters. The number of methoxy groups -OCH3 is 2. The summed E-state index contributed by atoms with van der Waals surface area (Å²) in [4.78, 5) is 26.7. The molecule has 0 aliphatic heterocycles. The van der Waals surface area contributed by atoms with Crippen LogP contribution in [0.15, 0.2) is 101 Å². The zero-order chi connectivity index (χ0) is 25.5. The van der Waals surface area contributed by atoms with Crippen LogP contribution in [-0.4, -0.2) is 41.6 Å². The molecule has 0 saturated carbocycles. The molecule has 36 heavy (non-hydrogen) atoms. The van der Waals surface area contributed by atoms with Gasteiger partial charge < -0.3 is 24.3 Å². The van der Waals surface area contributed by atoms with Crippen molar-refractivity contribution in [3.63, 3.8) is 0 Å². The summed E-state index contributed by atoms with van der Waals surface area (Å²) in [5.74, 6) is 1.39. The summed E-state index contributed by atoms with van der Waals surface area (Å²) in [7, 11) is 3.20. The van der Waals surface area contributed by atoms with Gasteiger partial charge in [-0.25, -0.2) is 4.79 Å². The molecular weight excluding hydrogens is 460 g/mol. The van der Waals surface area contributed by atoms with Crippen LogP contribution in [0.5, 0.6) is 11.5 Å². The molecule has 0 fully saturated rings. The Bertz CT molecular complexity index is 1300. The number of aromatic nitrogens is 2. The fourth-order valence-corrected chi connectivity index (χ4v) is 4.18. The Hall–Kier alpha value is -4.14. The van der Waals surface area contributed by atoms with Gasteiger partial charge in [0.05, 0.1) is 33.5 Å². The van der Waals surface area contributed by atoms with Gasteiger partial charge in [0, 0.05) is 12.3 Å². The highest BCUT2D eigenvalue weighted by Gasteiger charge is 2.38. The van der Waals surface area contributed by atoms with Crippen molar-refractivity contribution in [1.82, 2.24) is 9.55 Å². The van der Waals surface area contributed by atoms with Crippen LogP contribution in [0.3, 0.4) is 0 Å². The van der Waals surface area contributed by atoms with E-state index in [2.05, 4.69) is 4.98 Å². The molecule has 0 bridgehead atoms. The quantitative estimate of drug-likeness (QED) is 0.333. The van der Waals surface area contributed by atoms with Crippen LogP contribution in [0.25, 0.3) is 0 Å². The van der Waals surface area contributed by atoms with Gasteiger partial charge in [-0.1, -0.05) is 54.6 Å². The first-order valence-electron chi connectivity index (χ1n) is 11.4. The second-order valence-corrected chi connectivity index (χ2v) is 8.20. The van der Waals surface area contributed by atoms with Gasteiger partial charge in [-0.15, -0.1) is 0 Å². The van der Waals surface area contributed by atoms with E-state index in [-0.39, 0.29) is 13.2 Å². The third-order valence-corrected chi connectivity index (χ3v) is 6.00. The SMILES string of the molecule is COc1ccc(C(OC[C@@H](O)Cn2c(=O)cc[nH]c2=O)(c2ccccc2)c2ccc(OC)cc2)cc1. The molecule has 4 rings (SSSR count). The lowest BCUT2D eigenvalue weighted by Crippen LogP contribution is -2.41. The molecule has 0 saturated heterocycles. The van der Waals surface area contributed by atoms with Crippen molar-refractivity contribution in [2.24, 2.45) is 0 Å². The molecule has 186 valence electrons. The molecule has 0 radical (unpaired) electrons. The second kappa shape index (κ2) is 11.1. The van der Waals surface area contributed by atoms with Crippen molar-refractivity contribution in [2.45, 2.75) is 18.2 Å². The minimum atomic E-state index is -1.13. The van der Waals surface area contributed by atoms with E-state index in [1.807, 2.05) is 78.9 Å². The van der Waals surface area contributed by atoms with Crippen LogP contribution >= 0.6 is 0 Å². The van der Waals surface area contributed by atoms with Crippen LogP contribution < -0.4 is 20.7 Å². The molecule has 0 unspecified atom stereocenters. The molecule has 3 aromatic carbocycles. The van der Waals surface area contributed by atoms with Crippen molar-refractivity contribution in [2.75, 3.05) is 20.8 Å². The van der Waals surface area contributed by atoms with Gasteiger partial charge in [-0.3, -0.25) is 9.36 Å². The Morgan fingerprint density at radius 1 is 0.806 bits per heavy atom. The van der Waals surface area contributed by atoms with Crippen molar-refractivity contribution in [1.29, 1.82) is 0 Å². The lowest BCUT2D eigenvalue weighted by Gasteiger charge is -2.36.